The number of para-hydroxylation sites is 1. The molecule has 1 heterocycles. The number of rotatable bonds is 4. The molecule has 2 aliphatic rings. The number of allylic oxidation sites excluding steroid dienone is 2. The number of carbonyl (C=O) groups excluding carboxylic acids is 1. The molecule has 3 aromatic rings. The van der Waals surface area contributed by atoms with E-state index in [0.29, 0.717) is 23.4 Å². The van der Waals surface area contributed by atoms with E-state index in [1.165, 1.54) is 23.9 Å². The van der Waals surface area contributed by atoms with Crippen molar-refractivity contribution in [3.05, 3.63) is 107 Å². The number of fused-ring (bicyclic) bond motifs is 3. The molecular formula is C27H24N2O2. The minimum Gasteiger partial charge on any atom is -0.465 e. The highest BCUT2D eigenvalue weighted by Gasteiger charge is 2.37. The van der Waals surface area contributed by atoms with E-state index >= 15 is 0 Å². The van der Waals surface area contributed by atoms with Gasteiger partial charge in [-0.3, -0.25) is 4.99 Å². The summed E-state index contributed by atoms with van der Waals surface area (Å²) in [7, 11) is 1.38. The summed E-state index contributed by atoms with van der Waals surface area (Å²) in [5, 5.41) is 3.76. The van der Waals surface area contributed by atoms with Crippen LogP contribution in [-0.2, 0) is 4.74 Å². The Balaban J connectivity index is 1.32. The van der Waals surface area contributed by atoms with Gasteiger partial charge in [0.25, 0.3) is 0 Å². The van der Waals surface area contributed by atoms with Crippen LogP contribution in [0.3, 0.4) is 0 Å². The molecule has 1 aliphatic heterocycles. The van der Waals surface area contributed by atoms with Crippen molar-refractivity contribution >= 4 is 23.6 Å². The SMILES string of the molecule is COC(=O)c1ccc(C=Nc2ccc([C@@H]3Nc4ccccc4[C@H]4C=CC[C@@H]43)cc2)cc1. The average Bonchev–Trinajstić information content (AvgIpc) is 3.33. The van der Waals surface area contributed by atoms with Gasteiger partial charge in [-0.2, -0.15) is 0 Å². The Hall–Kier alpha value is -3.66. The molecule has 0 saturated carbocycles. The number of aliphatic imine (C=N–C) groups is 1. The largest absolute Gasteiger partial charge is 0.465 e. The Morgan fingerprint density at radius 3 is 2.58 bits per heavy atom. The normalized spacial score (nSPS) is 21.4. The summed E-state index contributed by atoms with van der Waals surface area (Å²) >= 11 is 0. The topological polar surface area (TPSA) is 50.7 Å². The van der Waals surface area contributed by atoms with E-state index in [1.54, 1.807) is 12.1 Å². The van der Waals surface area contributed by atoms with Crippen LogP contribution in [0, 0.1) is 5.92 Å². The van der Waals surface area contributed by atoms with Gasteiger partial charge in [0.2, 0.25) is 0 Å². The Morgan fingerprint density at radius 2 is 1.81 bits per heavy atom. The zero-order chi connectivity index (χ0) is 21.2. The predicted molar refractivity (Wildman–Crippen MR) is 124 cm³/mol. The second-order valence-corrected chi connectivity index (χ2v) is 8.03. The van der Waals surface area contributed by atoms with Crippen LogP contribution < -0.4 is 5.32 Å². The van der Waals surface area contributed by atoms with Gasteiger partial charge < -0.3 is 10.1 Å². The van der Waals surface area contributed by atoms with Crippen molar-refractivity contribution in [2.24, 2.45) is 10.9 Å². The lowest BCUT2D eigenvalue weighted by molar-refractivity contribution is 0.0600. The minimum atomic E-state index is -0.335. The van der Waals surface area contributed by atoms with E-state index in [1.807, 2.05) is 18.3 Å². The van der Waals surface area contributed by atoms with Crippen LogP contribution in [0.15, 0.2) is 89.9 Å². The lowest BCUT2D eigenvalue weighted by Crippen LogP contribution is -2.28. The maximum atomic E-state index is 11.5. The number of ether oxygens (including phenoxy) is 1. The molecule has 0 radical (unpaired) electrons. The molecular weight excluding hydrogens is 384 g/mol. The summed E-state index contributed by atoms with van der Waals surface area (Å²) in [5.74, 6) is 0.684. The molecule has 0 amide bonds. The maximum absolute atomic E-state index is 11.5. The summed E-state index contributed by atoms with van der Waals surface area (Å²) in [6.45, 7) is 0. The van der Waals surface area contributed by atoms with Crippen molar-refractivity contribution in [1.29, 1.82) is 0 Å². The zero-order valence-corrected chi connectivity index (χ0v) is 17.4. The van der Waals surface area contributed by atoms with Gasteiger partial charge in [0.15, 0.2) is 0 Å². The Bertz CT molecular complexity index is 1150. The molecule has 0 unspecified atom stereocenters. The second-order valence-electron chi connectivity index (χ2n) is 8.03. The number of hydrogen-bond acceptors (Lipinski definition) is 4. The van der Waals surface area contributed by atoms with Crippen LogP contribution in [0.1, 0.15) is 45.4 Å². The number of benzene rings is 3. The lowest BCUT2D eigenvalue weighted by atomic mass is 9.77. The third-order valence-electron chi connectivity index (χ3n) is 6.22. The molecule has 3 aromatic carbocycles. The highest BCUT2D eigenvalue weighted by molar-refractivity contribution is 5.91. The molecule has 0 aromatic heterocycles. The van der Waals surface area contributed by atoms with Gasteiger partial charge in [-0.15, -0.1) is 0 Å². The van der Waals surface area contributed by atoms with Crippen molar-refractivity contribution in [3.63, 3.8) is 0 Å². The number of anilines is 1. The highest BCUT2D eigenvalue weighted by Crippen LogP contribution is 2.49. The fraction of sp³-hybridized carbons (Fsp3) is 0.185. The molecule has 3 atom stereocenters. The van der Waals surface area contributed by atoms with Crippen LogP contribution in [-0.4, -0.2) is 19.3 Å². The molecule has 0 saturated heterocycles. The van der Waals surface area contributed by atoms with E-state index in [-0.39, 0.29) is 5.97 Å². The molecule has 1 aliphatic carbocycles. The summed E-state index contributed by atoms with van der Waals surface area (Å²) < 4.78 is 4.73. The molecule has 0 spiro atoms. The van der Waals surface area contributed by atoms with E-state index in [0.717, 1.165) is 17.7 Å². The maximum Gasteiger partial charge on any atom is 0.337 e. The minimum absolute atomic E-state index is 0.291. The van der Waals surface area contributed by atoms with Gasteiger partial charge in [0, 0.05) is 17.8 Å². The molecule has 1 N–H and O–H groups in total. The average molecular weight is 409 g/mol. The molecule has 31 heavy (non-hydrogen) atoms. The number of nitrogens with one attached hydrogen (secondary N) is 1. The van der Waals surface area contributed by atoms with Crippen LogP contribution >= 0.6 is 0 Å². The van der Waals surface area contributed by atoms with Crippen molar-refractivity contribution in [2.45, 2.75) is 18.4 Å². The number of hydrogen-bond donors (Lipinski definition) is 1. The zero-order valence-electron chi connectivity index (χ0n) is 17.4. The van der Waals surface area contributed by atoms with E-state index in [2.05, 4.69) is 71.0 Å². The predicted octanol–water partition coefficient (Wildman–Crippen LogP) is 6.05. The summed E-state index contributed by atoms with van der Waals surface area (Å²) in [6.07, 6.45) is 7.58. The molecule has 154 valence electrons. The summed E-state index contributed by atoms with van der Waals surface area (Å²) in [6, 6.07) is 24.6. The smallest absolute Gasteiger partial charge is 0.337 e. The Kier molecular flexibility index (Phi) is 5.13. The standard InChI is InChI=1S/C27H24N2O2/c1-31-27(30)20-11-9-18(10-12-20)17-28-21-15-13-19(14-16-21)26-24-7-4-6-22(24)23-5-2-3-8-25(23)29-26/h2-6,8-17,22,24,26,29H,7H2,1H3/t22-,24+,26+/m1/s1. The quantitative estimate of drug-likeness (QED) is 0.325. The number of methoxy groups -OCH3 is 1. The van der Waals surface area contributed by atoms with Crippen molar-refractivity contribution in [3.8, 4) is 0 Å². The molecule has 0 bridgehead atoms. The molecule has 5 rings (SSSR count). The van der Waals surface area contributed by atoms with Gasteiger partial charge in [0.05, 0.1) is 24.4 Å². The molecule has 4 nitrogen and oxygen atoms in total. The lowest BCUT2D eigenvalue weighted by Gasteiger charge is -2.37. The van der Waals surface area contributed by atoms with Crippen LogP contribution in [0.4, 0.5) is 11.4 Å². The third-order valence-corrected chi connectivity index (χ3v) is 6.22. The van der Waals surface area contributed by atoms with Gasteiger partial charge in [-0.05, 0) is 59.4 Å². The second kappa shape index (κ2) is 8.23. The van der Waals surface area contributed by atoms with Gasteiger partial charge in [0.1, 0.15) is 0 Å². The van der Waals surface area contributed by atoms with E-state index in [9.17, 15) is 4.79 Å². The van der Waals surface area contributed by atoms with E-state index < -0.39 is 0 Å². The first-order chi connectivity index (χ1) is 15.2. The first-order valence-electron chi connectivity index (χ1n) is 10.6. The van der Waals surface area contributed by atoms with Crippen molar-refractivity contribution in [1.82, 2.24) is 0 Å². The molecule has 4 heteroatoms. The highest BCUT2D eigenvalue weighted by atomic mass is 16.5. The Labute approximate surface area is 182 Å². The fourth-order valence-electron chi connectivity index (χ4n) is 4.61. The van der Waals surface area contributed by atoms with Crippen LogP contribution in [0.25, 0.3) is 0 Å². The first-order valence-corrected chi connectivity index (χ1v) is 10.6. The van der Waals surface area contributed by atoms with E-state index in [4.69, 9.17) is 4.74 Å². The van der Waals surface area contributed by atoms with Gasteiger partial charge in [-0.25, -0.2) is 4.79 Å². The first kappa shape index (κ1) is 19.3. The summed E-state index contributed by atoms with van der Waals surface area (Å²) in [4.78, 5) is 16.1. The fourth-order valence-corrected chi connectivity index (χ4v) is 4.61. The summed E-state index contributed by atoms with van der Waals surface area (Å²) in [5.41, 5.74) is 6.29. The van der Waals surface area contributed by atoms with Crippen molar-refractivity contribution in [2.75, 3.05) is 12.4 Å². The van der Waals surface area contributed by atoms with Gasteiger partial charge in [-0.1, -0.05) is 54.6 Å². The monoisotopic (exact) mass is 408 g/mol. The van der Waals surface area contributed by atoms with Gasteiger partial charge >= 0.3 is 5.97 Å². The third kappa shape index (κ3) is 3.77. The number of esters is 1. The number of nitrogens with zero attached hydrogens (tertiary/aromatic N) is 1. The van der Waals surface area contributed by atoms with Crippen LogP contribution in [0.2, 0.25) is 0 Å². The van der Waals surface area contributed by atoms with Crippen LogP contribution in [0.5, 0.6) is 0 Å². The number of carbonyl (C=O) groups is 1. The Morgan fingerprint density at radius 1 is 1.03 bits per heavy atom. The van der Waals surface area contributed by atoms with Crippen molar-refractivity contribution < 1.29 is 9.53 Å². The molecule has 0 fully saturated rings.